The molecule has 2 unspecified atom stereocenters. The lowest BCUT2D eigenvalue weighted by Crippen LogP contribution is -2.22. The molecule has 0 rings (SSSR count). The van der Waals surface area contributed by atoms with Gasteiger partial charge in [0.25, 0.3) is 0 Å². The molecular weight excluding hydrogens is 223 g/mol. The highest BCUT2D eigenvalue weighted by Gasteiger charge is 2.22. The molecule has 0 aliphatic rings. The minimum Gasteiger partial charge on any atom is -0.312 e. The Labute approximate surface area is 102 Å². The lowest BCUT2D eigenvalue weighted by molar-refractivity contribution is 0.185. The molecule has 0 aromatic carbocycles. The van der Waals surface area contributed by atoms with Gasteiger partial charge in [0.1, 0.15) is 0 Å². The van der Waals surface area contributed by atoms with Crippen molar-refractivity contribution in [1.29, 1.82) is 0 Å². The quantitative estimate of drug-likeness (QED) is 0.505. The second-order valence-electron chi connectivity index (χ2n) is 6.04. The van der Waals surface area contributed by atoms with E-state index in [0.717, 1.165) is 15.0 Å². The molecule has 92 valence electrons. The van der Waals surface area contributed by atoms with Crippen molar-refractivity contribution in [3.63, 3.8) is 0 Å². The SMILES string of the molecule is CPCC(C)(C)SOC(C)CC(C)(C)C. The first-order valence-electron chi connectivity index (χ1n) is 5.65. The summed E-state index contributed by atoms with van der Waals surface area (Å²) in [4.78, 5) is 0. The molecule has 3 heteroatoms. The van der Waals surface area contributed by atoms with Crippen LogP contribution in [-0.2, 0) is 4.18 Å². The molecule has 0 heterocycles. The fourth-order valence-corrected chi connectivity index (χ4v) is 3.58. The van der Waals surface area contributed by atoms with Gasteiger partial charge in [-0.1, -0.05) is 20.8 Å². The molecule has 0 radical (unpaired) electrons. The average Bonchev–Trinajstić information content (AvgIpc) is 1.98. The topological polar surface area (TPSA) is 9.23 Å². The van der Waals surface area contributed by atoms with Gasteiger partial charge in [-0.2, -0.15) is 0 Å². The fourth-order valence-electron chi connectivity index (χ4n) is 1.56. The van der Waals surface area contributed by atoms with Crippen LogP contribution in [0, 0.1) is 5.41 Å². The standard InChI is InChI=1S/C12H27OPS/c1-10(8-11(2,3)4)13-15-12(5,6)9-14-7/h10,14H,8-9H2,1-7H3. The van der Waals surface area contributed by atoms with Crippen LogP contribution >= 0.6 is 20.6 Å². The highest BCUT2D eigenvalue weighted by molar-refractivity contribution is 7.96. The van der Waals surface area contributed by atoms with E-state index in [9.17, 15) is 0 Å². The van der Waals surface area contributed by atoms with Crippen molar-refractivity contribution in [2.24, 2.45) is 5.41 Å². The first-order chi connectivity index (χ1) is 6.66. The fraction of sp³-hybridized carbons (Fsp3) is 1.00. The van der Waals surface area contributed by atoms with Crippen LogP contribution < -0.4 is 0 Å². The summed E-state index contributed by atoms with van der Waals surface area (Å²) < 4.78 is 6.12. The van der Waals surface area contributed by atoms with Gasteiger partial charge in [-0.25, -0.2) is 0 Å². The summed E-state index contributed by atoms with van der Waals surface area (Å²) >= 11 is 1.66. The highest BCUT2D eigenvalue weighted by Crippen LogP contribution is 2.33. The van der Waals surface area contributed by atoms with Gasteiger partial charge in [-0.3, -0.25) is 0 Å². The second kappa shape index (κ2) is 6.47. The van der Waals surface area contributed by atoms with Crippen LogP contribution in [0.25, 0.3) is 0 Å². The summed E-state index contributed by atoms with van der Waals surface area (Å²) in [6, 6.07) is 0. The summed E-state index contributed by atoms with van der Waals surface area (Å²) in [5.74, 6) is 0. The predicted molar refractivity (Wildman–Crippen MR) is 75.4 cm³/mol. The smallest absolute Gasteiger partial charge is 0.0699 e. The van der Waals surface area contributed by atoms with Crippen LogP contribution in [-0.4, -0.2) is 23.7 Å². The lowest BCUT2D eigenvalue weighted by atomic mass is 9.90. The summed E-state index contributed by atoms with van der Waals surface area (Å²) in [7, 11) is 1.00. The largest absolute Gasteiger partial charge is 0.312 e. The van der Waals surface area contributed by atoms with Gasteiger partial charge in [0.05, 0.1) is 6.10 Å². The Morgan fingerprint density at radius 2 is 1.73 bits per heavy atom. The normalized spacial score (nSPS) is 16.2. The first-order valence-corrected chi connectivity index (χ1v) is 8.10. The van der Waals surface area contributed by atoms with Gasteiger partial charge < -0.3 is 4.18 Å². The predicted octanol–water partition coefficient (Wildman–Crippen LogP) is 4.56. The minimum atomic E-state index is 0.263. The Kier molecular flexibility index (Phi) is 6.79. The van der Waals surface area contributed by atoms with Gasteiger partial charge in [0.2, 0.25) is 0 Å². The average molecular weight is 250 g/mol. The van der Waals surface area contributed by atoms with Crippen LogP contribution in [0.4, 0.5) is 0 Å². The van der Waals surface area contributed by atoms with Crippen LogP contribution in [0.15, 0.2) is 0 Å². The van der Waals surface area contributed by atoms with Crippen molar-refractivity contribution in [3.05, 3.63) is 0 Å². The van der Waals surface area contributed by atoms with Gasteiger partial charge in [0, 0.05) is 4.75 Å². The van der Waals surface area contributed by atoms with Crippen molar-refractivity contribution in [1.82, 2.24) is 0 Å². The van der Waals surface area contributed by atoms with Crippen LogP contribution in [0.1, 0.15) is 48.0 Å². The molecule has 2 atom stereocenters. The van der Waals surface area contributed by atoms with Gasteiger partial charge in [-0.05, 0) is 57.5 Å². The second-order valence-corrected chi connectivity index (χ2v) is 8.57. The lowest BCUT2D eigenvalue weighted by Gasteiger charge is -2.27. The molecule has 0 spiro atoms. The van der Waals surface area contributed by atoms with Gasteiger partial charge in [0.15, 0.2) is 0 Å². The van der Waals surface area contributed by atoms with Gasteiger partial charge >= 0.3 is 0 Å². The Morgan fingerprint density at radius 1 is 1.20 bits per heavy atom. The van der Waals surface area contributed by atoms with Crippen molar-refractivity contribution >= 4 is 20.6 Å². The molecule has 0 aromatic rings. The molecule has 0 aliphatic heterocycles. The van der Waals surface area contributed by atoms with Crippen molar-refractivity contribution in [3.8, 4) is 0 Å². The molecule has 0 saturated carbocycles. The van der Waals surface area contributed by atoms with E-state index in [2.05, 4.69) is 48.2 Å². The van der Waals surface area contributed by atoms with Crippen molar-refractivity contribution < 1.29 is 4.18 Å². The minimum absolute atomic E-state index is 0.263. The van der Waals surface area contributed by atoms with E-state index >= 15 is 0 Å². The Balaban J connectivity index is 3.84. The monoisotopic (exact) mass is 250 g/mol. The molecule has 0 amide bonds. The van der Waals surface area contributed by atoms with Crippen LogP contribution in [0.3, 0.4) is 0 Å². The maximum absolute atomic E-state index is 5.86. The van der Waals surface area contributed by atoms with E-state index in [-0.39, 0.29) is 4.75 Å². The summed E-state index contributed by atoms with van der Waals surface area (Å²) in [5.41, 5.74) is 0.358. The number of hydrogen-bond acceptors (Lipinski definition) is 2. The van der Waals surface area contributed by atoms with E-state index in [1.807, 2.05) is 0 Å². The Bertz CT molecular complexity index is 175. The highest BCUT2D eigenvalue weighted by atomic mass is 32.2. The molecule has 0 aliphatic carbocycles. The summed E-state index contributed by atoms with van der Waals surface area (Å²) in [6.45, 7) is 15.7. The van der Waals surface area contributed by atoms with E-state index in [0.29, 0.717) is 11.5 Å². The van der Waals surface area contributed by atoms with E-state index < -0.39 is 0 Å². The molecular formula is C12H27OPS. The zero-order valence-electron chi connectivity index (χ0n) is 11.3. The van der Waals surface area contributed by atoms with E-state index in [1.165, 1.54) is 6.16 Å². The molecule has 1 nitrogen and oxygen atoms in total. The number of hydrogen-bond donors (Lipinski definition) is 0. The molecule has 0 aromatic heterocycles. The third-order valence-corrected chi connectivity index (χ3v) is 4.45. The summed E-state index contributed by atoms with van der Waals surface area (Å²) in [5, 5.41) is 0. The maximum atomic E-state index is 5.86. The molecule has 0 N–H and O–H groups in total. The van der Waals surface area contributed by atoms with Crippen LogP contribution in [0.5, 0.6) is 0 Å². The maximum Gasteiger partial charge on any atom is 0.0699 e. The van der Waals surface area contributed by atoms with Crippen LogP contribution in [0.2, 0.25) is 0 Å². The van der Waals surface area contributed by atoms with E-state index in [4.69, 9.17) is 4.18 Å². The van der Waals surface area contributed by atoms with Crippen molar-refractivity contribution in [2.75, 3.05) is 12.8 Å². The molecule has 0 bridgehead atoms. The van der Waals surface area contributed by atoms with Gasteiger partial charge in [-0.15, -0.1) is 8.58 Å². The number of rotatable bonds is 6. The Morgan fingerprint density at radius 3 is 2.13 bits per heavy atom. The Hall–Kier alpha value is 0.740. The van der Waals surface area contributed by atoms with Crippen molar-refractivity contribution in [2.45, 2.75) is 58.8 Å². The molecule has 15 heavy (non-hydrogen) atoms. The van der Waals surface area contributed by atoms with E-state index in [1.54, 1.807) is 12.0 Å². The first kappa shape index (κ1) is 15.7. The third-order valence-electron chi connectivity index (χ3n) is 1.94. The molecule has 0 saturated heterocycles. The third kappa shape index (κ3) is 9.66. The zero-order valence-corrected chi connectivity index (χ0v) is 13.1. The molecule has 0 fully saturated rings. The summed E-state index contributed by atoms with van der Waals surface area (Å²) in [6.07, 6.45) is 2.69. The zero-order chi connectivity index (χ0) is 12.1.